The SMILES string of the molecule is Cc1nc2ccc(CC(=O)O)cc2[nH]1.Cl. The minimum Gasteiger partial charge on any atom is -0.481 e. The van der Waals surface area contributed by atoms with E-state index in [1.807, 2.05) is 19.1 Å². The lowest BCUT2D eigenvalue weighted by Crippen LogP contribution is -1.99. The van der Waals surface area contributed by atoms with E-state index in [1.54, 1.807) is 6.07 Å². The van der Waals surface area contributed by atoms with Gasteiger partial charge < -0.3 is 10.1 Å². The average Bonchev–Trinajstić information content (AvgIpc) is 2.42. The highest BCUT2D eigenvalue weighted by atomic mass is 35.5. The molecule has 0 unspecified atom stereocenters. The van der Waals surface area contributed by atoms with Crippen LogP contribution in [0.3, 0.4) is 0 Å². The van der Waals surface area contributed by atoms with Gasteiger partial charge in [0.25, 0.3) is 0 Å². The summed E-state index contributed by atoms with van der Waals surface area (Å²) >= 11 is 0. The maximum absolute atomic E-state index is 10.5. The number of nitrogens with zero attached hydrogens (tertiary/aromatic N) is 1. The number of H-pyrrole nitrogens is 1. The molecular formula is C10H11ClN2O2. The Morgan fingerprint density at radius 2 is 2.27 bits per heavy atom. The second-order valence-corrected chi connectivity index (χ2v) is 3.24. The fraction of sp³-hybridized carbons (Fsp3) is 0.200. The molecule has 5 heteroatoms. The molecule has 0 saturated heterocycles. The van der Waals surface area contributed by atoms with Gasteiger partial charge in [-0.3, -0.25) is 4.79 Å². The van der Waals surface area contributed by atoms with E-state index in [-0.39, 0.29) is 18.8 Å². The molecule has 1 aromatic heterocycles. The van der Waals surface area contributed by atoms with Crippen molar-refractivity contribution >= 4 is 29.4 Å². The van der Waals surface area contributed by atoms with Gasteiger partial charge >= 0.3 is 5.97 Å². The monoisotopic (exact) mass is 226 g/mol. The molecule has 2 N–H and O–H groups in total. The Hall–Kier alpha value is -1.55. The molecule has 2 rings (SSSR count). The molecule has 4 nitrogen and oxygen atoms in total. The van der Waals surface area contributed by atoms with Crippen LogP contribution in [0.5, 0.6) is 0 Å². The van der Waals surface area contributed by atoms with E-state index >= 15 is 0 Å². The number of rotatable bonds is 2. The third-order valence-corrected chi connectivity index (χ3v) is 2.02. The molecule has 0 spiro atoms. The topological polar surface area (TPSA) is 66.0 Å². The van der Waals surface area contributed by atoms with Gasteiger partial charge in [-0.2, -0.15) is 0 Å². The van der Waals surface area contributed by atoms with Crippen LogP contribution in [0.4, 0.5) is 0 Å². The zero-order chi connectivity index (χ0) is 10.1. The Morgan fingerprint density at radius 1 is 1.53 bits per heavy atom. The Kier molecular flexibility index (Phi) is 3.31. The van der Waals surface area contributed by atoms with Crippen molar-refractivity contribution < 1.29 is 9.90 Å². The van der Waals surface area contributed by atoms with Crippen molar-refractivity contribution in [2.24, 2.45) is 0 Å². The van der Waals surface area contributed by atoms with Gasteiger partial charge in [0.2, 0.25) is 0 Å². The van der Waals surface area contributed by atoms with Gasteiger partial charge in [-0.15, -0.1) is 12.4 Å². The van der Waals surface area contributed by atoms with Crippen molar-refractivity contribution in [1.29, 1.82) is 0 Å². The molecule has 0 aliphatic heterocycles. The molecule has 0 bridgehead atoms. The number of fused-ring (bicyclic) bond motifs is 1. The van der Waals surface area contributed by atoms with Crippen molar-refractivity contribution in [3.63, 3.8) is 0 Å². The molecule has 1 heterocycles. The van der Waals surface area contributed by atoms with Crippen LogP contribution in [0.25, 0.3) is 11.0 Å². The van der Waals surface area contributed by atoms with Crippen molar-refractivity contribution in [3.05, 3.63) is 29.6 Å². The summed E-state index contributed by atoms with van der Waals surface area (Å²) in [4.78, 5) is 17.8. The Bertz CT molecular complexity index is 493. The molecule has 0 amide bonds. The van der Waals surface area contributed by atoms with E-state index in [0.717, 1.165) is 22.4 Å². The van der Waals surface area contributed by atoms with E-state index in [0.29, 0.717) is 0 Å². The van der Waals surface area contributed by atoms with Crippen LogP contribution in [0.15, 0.2) is 18.2 Å². The summed E-state index contributed by atoms with van der Waals surface area (Å²) in [6.07, 6.45) is 0.0496. The predicted molar refractivity (Wildman–Crippen MR) is 59.4 cm³/mol. The highest BCUT2D eigenvalue weighted by molar-refractivity contribution is 5.85. The van der Waals surface area contributed by atoms with Gasteiger partial charge in [0, 0.05) is 0 Å². The smallest absolute Gasteiger partial charge is 0.307 e. The number of carboxylic acid groups (broad SMARTS) is 1. The molecular weight excluding hydrogens is 216 g/mol. The molecule has 2 aromatic rings. The molecule has 0 atom stereocenters. The van der Waals surface area contributed by atoms with Crippen LogP contribution in [-0.4, -0.2) is 21.0 Å². The van der Waals surface area contributed by atoms with Gasteiger partial charge in [-0.25, -0.2) is 4.98 Å². The number of aromatic amines is 1. The number of aromatic nitrogens is 2. The minimum atomic E-state index is -0.819. The number of benzene rings is 1. The standard InChI is InChI=1S/C10H10N2O2.ClH/c1-6-11-8-3-2-7(5-10(13)14)4-9(8)12-6;/h2-4H,5H2,1H3,(H,11,12)(H,13,14);1H. The molecule has 0 fully saturated rings. The number of carbonyl (C=O) groups is 1. The van der Waals surface area contributed by atoms with Crippen LogP contribution < -0.4 is 0 Å². The second kappa shape index (κ2) is 4.31. The third-order valence-electron chi connectivity index (χ3n) is 2.02. The number of aliphatic carboxylic acids is 1. The summed E-state index contributed by atoms with van der Waals surface area (Å²) in [7, 11) is 0. The maximum Gasteiger partial charge on any atom is 0.307 e. The summed E-state index contributed by atoms with van der Waals surface area (Å²) in [5, 5.41) is 8.62. The second-order valence-electron chi connectivity index (χ2n) is 3.24. The predicted octanol–water partition coefficient (Wildman–Crippen LogP) is 1.92. The van der Waals surface area contributed by atoms with Crippen molar-refractivity contribution in [1.82, 2.24) is 9.97 Å². The molecule has 0 radical (unpaired) electrons. The number of hydrogen-bond donors (Lipinski definition) is 2. The lowest BCUT2D eigenvalue weighted by atomic mass is 10.1. The number of nitrogens with one attached hydrogen (secondary N) is 1. The summed E-state index contributed by atoms with van der Waals surface area (Å²) in [6, 6.07) is 5.44. The summed E-state index contributed by atoms with van der Waals surface area (Å²) < 4.78 is 0. The number of carboxylic acids is 1. The quantitative estimate of drug-likeness (QED) is 0.822. The molecule has 0 aliphatic carbocycles. The average molecular weight is 227 g/mol. The van der Waals surface area contributed by atoms with Crippen LogP contribution in [-0.2, 0) is 11.2 Å². The van der Waals surface area contributed by atoms with Gasteiger partial charge in [0.05, 0.1) is 17.5 Å². The summed E-state index contributed by atoms with van der Waals surface area (Å²) in [5.74, 6) is 0.0214. The van der Waals surface area contributed by atoms with Crippen LogP contribution in [0, 0.1) is 6.92 Å². The largest absolute Gasteiger partial charge is 0.481 e. The Labute approximate surface area is 92.7 Å². The minimum absolute atomic E-state index is 0. The van der Waals surface area contributed by atoms with E-state index in [2.05, 4.69) is 9.97 Å². The van der Waals surface area contributed by atoms with E-state index in [4.69, 9.17) is 5.11 Å². The van der Waals surface area contributed by atoms with E-state index in [9.17, 15) is 4.79 Å². The molecule has 80 valence electrons. The van der Waals surface area contributed by atoms with Gasteiger partial charge in [-0.1, -0.05) is 6.07 Å². The van der Waals surface area contributed by atoms with Crippen LogP contribution in [0.2, 0.25) is 0 Å². The highest BCUT2D eigenvalue weighted by Crippen LogP contribution is 2.13. The van der Waals surface area contributed by atoms with Crippen LogP contribution >= 0.6 is 12.4 Å². The maximum atomic E-state index is 10.5. The van der Waals surface area contributed by atoms with Crippen molar-refractivity contribution in [3.8, 4) is 0 Å². The summed E-state index contributed by atoms with van der Waals surface area (Å²) in [5.41, 5.74) is 2.55. The number of hydrogen-bond acceptors (Lipinski definition) is 2. The molecule has 1 aromatic carbocycles. The first-order chi connectivity index (χ1) is 6.65. The highest BCUT2D eigenvalue weighted by Gasteiger charge is 2.03. The zero-order valence-electron chi connectivity index (χ0n) is 8.15. The number of imidazole rings is 1. The third kappa shape index (κ3) is 2.47. The zero-order valence-corrected chi connectivity index (χ0v) is 8.97. The molecule has 0 saturated carbocycles. The van der Waals surface area contributed by atoms with Gasteiger partial charge in [0.15, 0.2) is 0 Å². The lowest BCUT2D eigenvalue weighted by Gasteiger charge is -1.95. The van der Waals surface area contributed by atoms with Gasteiger partial charge in [0.1, 0.15) is 5.82 Å². The summed E-state index contributed by atoms with van der Waals surface area (Å²) in [6.45, 7) is 1.87. The van der Waals surface area contributed by atoms with Gasteiger partial charge in [-0.05, 0) is 24.6 Å². The first-order valence-corrected chi connectivity index (χ1v) is 4.32. The van der Waals surface area contributed by atoms with Crippen molar-refractivity contribution in [2.75, 3.05) is 0 Å². The van der Waals surface area contributed by atoms with Crippen LogP contribution in [0.1, 0.15) is 11.4 Å². The first kappa shape index (κ1) is 11.5. The Balaban J connectivity index is 0.00000112. The van der Waals surface area contributed by atoms with Crippen molar-refractivity contribution in [2.45, 2.75) is 13.3 Å². The number of aryl methyl sites for hydroxylation is 1. The normalized spacial score (nSPS) is 9.93. The lowest BCUT2D eigenvalue weighted by molar-refractivity contribution is -0.136. The number of halogens is 1. The molecule has 15 heavy (non-hydrogen) atoms. The van der Waals surface area contributed by atoms with E-state index in [1.165, 1.54) is 0 Å². The fourth-order valence-electron chi connectivity index (χ4n) is 1.47. The fourth-order valence-corrected chi connectivity index (χ4v) is 1.47. The Morgan fingerprint density at radius 3 is 2.93 bits per heavy atom. The first-order valence-electron chi connectivity index (χ1n) is 4.32. The van der Waals surface area contributed by atoms with E-state index < -0.39 is 5.97 Å². The molecule has 0 aliphatic rings.